The number of sulfone groups is 1. The Morgan fingerprint density at radius 2 is 1.41 bits per heavy atom. The summed E-state index contributed by atoms with van der Waals surface area (Å²) < 4.78 is 26.8. The standard InChI is InChI=1S/C24H20N2O2S/c1-3-17(2)18-9-11-20(12-10-18)24-14-21(22(15-25)16-26)13-23(29(24,27)28)19-7-5-4-6-8-19/h4-14,17H,3H2,1-2H3. The van der Waals surface area contributed by atoms with Gasteiger partial charge in [0.05, 0.1) is 9.81 Å². The van der Waals surface area contributed by atoms with Crippen molar-refractivity contribution in [1.82, 2.24) is 0 Å². The van der Waals surface area contributed by atoms with Gasteiger partial charge in [0, 0.05) is 5.57 Å². The van der Waals surface area contributed by atoms with Crippen molar-refractivity contribution < 1.29 is 8.42 Å². The molecule has 0 spiro atoms. The van der Waals surface area contributed by atoms with Gasteiger partial charge >= 0.3 is 0 Å². The van der Waals surface area contributed by atoms with Crippen LogP contribution in [0, 0.1) is 22.7 Å². The summed E-state index contributed by atoms with van der Waals surface area (Å²) in [5.41, 5.74) is 2.36. The summed E-state index contributed by atoms with van der Waals surface area (Å²) in [5, 5.41) is 18.6. The van der Waals surface area contributed by atoms with E-state index >= 15 is 0 Å². The highest BCUT2D eigenvalue weighted by Crippen LogP contribution is 2.39. The molecule has 1 atom stereocenters. The molecule has 144 valence electrons. The lowest BCUT2D eigenvalue weighted by molar-refractivity contribution is 0.614. The molecule has 4 nitrogen and oxygen atoms in total. The lowest BCUT2D eigenvalue weighted by atomic mass is 9.97. The molecule has 0 bridgehead atoms. The number of hydrogen-bond acceptors (Lipinski definition) is 4. The van der Waals surface area contributed by atoms with Crippen molar-refractivity contribution in [2.45, 2.75) is 26.2 Å². The molecule has 2 aromatic carbocycles. The lowest BCUT2D eigenvalue weighted by Gasteiger charge is -2.19. The lowest BCUT2D eigenvalue weighted by Crippen LogP contribution is -2.11. The van der Waals surface area contributed by atoms with E-state index in [0.29, 0.717) is 22.6 Å². The first-order valence-electron chi connectivity index (χ1n) is 9.31. The van der Waals surface area contributed by atoms with E-state index in [1.54, 1.807) is 42.5 Å². The van der Waals surface area contributed by atoms with Crippen LogP contribution in [-0.4, -0.2) is 8.42 Å². The molecule has 1 heterocycles. The number of rotatable bonds is 4. The maximum absolute atomic E-state index is 13.4. The molecule has 2 aromatic rings. The van der Waals surface area contributed by atoms with E-state index in [0.717, 1.165) is 12.0 Å². The fourth-order valence-electron chi connectivity index (χ4n) is 3.19. The average Bonchev–Trinajstić information content (AvgIpc) is 2.75. The predicted octanol–water partition coefficient (Wildman–Crippen LogP) is 5.35. The van der Waals surface area contributed by atoms with E-state index < -0.39 is 9.84 Å². The molecule has 1 aliphatic rings. The SMILES string of the molecule is CCC(C)c1ccc(C2=CC(=C(C#N)C#N)C=C(c3ccccc3)S2(=O)=O)cc1. The third-order valence-corrected chi connectivity index (χ3v) is 6.96. The molecule has 0 fully saturated rings. The first kappa shape index (κ1) is 20.3. The first-order chi connectivity index (χ1) is 13.9. The summed E-state index contributed by atoms with van der Waals surface area (Å²) in [7, 11) is -3.82. The Balaban J connectivity index is 2.22. The Bertz CT molecular complexity index is 1190. The molecule has 0 N–H and O–H groups in total. The van der Waals surface area contributed by atoms with Crippen LogP contribution in [0.3, 0.4) is 0 Å². The van der Waals surface area contributed by atoms with Gasteiger partial charge in [0.25, 0.3) is 0 Å². The van der Waals surface area contributed by atoms with Gasteiger partial charge in [-0.3, -0.25) is 0 Å². The largest absolute Gasteiger partial charge is 0.218 e. The van der Waals surface area contributed by atoms with E-state index in [2.05, 4.69) is 13.8 Å². The quantitative estimate of drug-likeness (QED) is 0.647. The van der Waals surface area contributed by atoms with Crippen LogP contribution in [0.1, 0.15) is 42.9 Å². The first-order valence-corrected chi connectivity index (χ1v) is 10.8. The van der Waals surface area contributed by atoms with Crippen molar-refractivity contribution in [2.75, 3.05) is 0 Å². The second kappa shape index (κ2) is 8.31. The Labute approximate surface area is 171 Å². The van der Waals surface area contributed by atoms with Gasteiger partial charge in [0.2, 0.25) is 9.84 Å². The summed E-state index contributed by atoms with van der Waals surface area (Å²) >= 11 is 0. The topological polar surface area (TPSA) is 81.7 Å². The van der Waals surface area contributed by atoms with Gasteiger partial charge in [-0.2, -0.15) is 10.5 Å². The molecule has 5 heteroatoms. The molecule has 1 aliphatic heterocycles. The minimum absolute atomic E-state index is 0.0830. The van der Waals surface area contributed by atoms with Crippen molar-refractivity contribution >= 4 is 19.6 Å². The fourth-order valence-corrected chi connectivity index (χ4v) is 4.88. The van der Waals surface area contributed by atoms with Crippen LogP contribution in [0.2, 0.25) is 0 Å². The number of hydrogen-bond donors (Lipinski definition) is 0. The molecule has 1 unspecified atom stereocenters. The van der Waals surface area contributed by atoms with Gasteiger partial charge in [-0.15, -0.1) is 0 Å². The zero-order valence-electron chi connectivity index (χ0n) is 16.3. The summed E-state index contributed by atoms with van der Waals surface area (Å²) in [4.78, 5) is 0.173. The van der Waals surface area contributed by atoms with E-state index in [4.69, 9.17) is 0 Å². The molecule has 0 aliphatic carbocycles. The Hall–Kier alpha value is -3.41. The third kappa shape index (κ3) is 3.92. The minimum Gasteiger partial charge on any atom is -0.218 e. The van der Waals surface area contributed by atoms with Crippen molar-refractivity contribution in [3.8, 4) is 12.1 Å². The van der Waals surface area contributed by atoms with Gasteiger partial charge in [-0.25, -0.2) is 8.42 Å². The molecule has 29 heavy (non-hydrogen) atoms. The summed E-state index contributed by atoms with van der Waals surface area (Å²) in [6.07, 6.45) is 3.81. The van der Waals surface area contributed by atoms with Crippen LogP contribution in [0.4, 0.5) is 0 Å². The maximum Gasteiger partial charge on any atom is 0.207 e. The highest BCUT2D eigenvalue weighted by molar-refractivity contribution is 8.09. The number of nitriles is 2. The zero-order valence-corrected chi connectivity index (χ0v) is 17.1. The molecule has 0 aromatic heterocycles. The monoisotopic (exact) mass is 400 g/mol. The van der Waals surface area contributed by atoms with Gasteiger partial charge in [0.1, 0.15) is 17.7 Å². The molecule has 0 radical (unpaired) electrons. The molecular weight excluding hydrogens is 380 g/mol. The summed E-state index contributed by atoms with van der Waals surface area (Å²) in [5.74, 6) is 0.375. The number of nitrogens with zero attached hydrogens (tertiary/aromatic N) is 2. The third-order valence-electron chi connectivity index (χ3n) is 5.10. The molecule has 3 rings (SSSR count). The van der Waals surface area contributed by atoms with E-state index in [1.807, 2.05) is 24.3 Å². The van der Waals surface area contributed by atoms with Gasteiger partial charge < -0.3 is 0 Å². The van der Waals surface area contributed by atoms with Crippen molar-refractivity contribution in [2.24, 2.45) is 0 Å². The Morgan fingerprint density at radius 3 is 1.90 bits per heavy atom. The summed E-state index contributed by atoms with van der Waals surface area (Å²) in [6.45, 7) is 4.22. The van der Waals surface area contributed by atoms with Crippen LogP contribution < -0.4 is 0 Å². The molecule has 0 amide bonds. The van der Waals surface area contributed by atoms with Crippen LogP contribution in [0.5, 0.6) is 0 Å². The zero-order chi connectivity index (χ0) is 21.0. The average molecular weight is 401 g/mol. The highest BCUT2D eigenvalue weighted by atomic mass is 32.2. The van der Waals surface area contributed by atoms with E-state index in [9.17, 15) is 18.9 Å². The van der Waals surface area contributed by atoms with Crippen LogP contribution in [-0.2, 0) is 9.84 Å². The smallest absolute Gasteiger partial charge is 0.207 e. The normalized spacial score (nSPS) is 16.1. The molecule has 0 saturated carbocycles. The van der Waals surface area contributed by atoms with Gasteiger partial charge in [0.15, 0.2) is 0 Å². The van der Waals surface area contributed by atoms with E-state index in [-0.39, 0.29) is 15.4 Å². The predicted molar refractivity (Wildman–Crippen MR) is 115 cm³/mol. The van der Waals surface area contributed by atoms with Gasteiger partial charge in [-0.1, -0.05) is 68.4 Å². The van der Waals surface area contributed by atoms with Crippen molar-refractivity contribution in [3.63, 3.8) is 0 Å². The summed E-state index contributed by atoms with van der Waals surface area (Å²) in [6, 6.07) is 19.9. The van der Waals surface area contributed by atoms with E-state index in [1.165, 1.54) is 12.2 Å². The molecular formula is C24H20N2O2S. The second-order valence-electron chi connectivity index (χ2n) is 6.87. The van der Waals surface area contributed by atoms with Crippen LogP contribution >= 0.6 is 0 Å². The molecule has 0 saturated heterocycles. The minimum atomic E-state index is -3.82. The Kier molecular flexibility index (Phi) is 5.82. The second-order valence-corrected chi connectivity index (χ2v) is 8.76. The van der Waals surface area contributed by atoms with Crippen molar-refractivity contribution in [1.29, 1.82) is 10.5 Å². The van der Waals surface area contributed by atoms with Crippen LogP contribution in [0.25, 0.3) is 9.81 Å². The van der Waals surface area contributed by atoms with Crippen molar-refractivity contribution in [3.05, 3.63) is 94.6 Å². The Morgan fingerprint density at radius 1 is 0.897 bits per heavy atom. The number of benzene rings is 2. The maximum atomic E-state index is 13.4. The fraction of sp³-hybridized carbons (Fsp3) is 0.167. The number of allylic oxidation sites excluding steroid dienone is 4. The highest BCUT2D eigenvalue weighted by Gasteiger charge is 2.30. The van der Waals surface area contributed by atoms with Gasteiger partial charge in [-0.05, 0) is 41.2 Å². The van der Waals surface area contributed by atoms with Crippen LogP contribution in [0.15, 0.2) is 77.9 Å².